The smallest absolute Gasteiger partial charge is 0.207 e. The summed E-state index contributed by atoms with van der Waals surface area (Å²) in [6, 6.07) is 13.0. The van der Waals surface area contributed by atoms with E-state index < -0.39 is 10.0 Å². The first kappa shape index (κ1) is 13.6. The largest absolute Gasteiger partial charge is 0.241 e. The molecule has 3 rings (SSSR count). The topological polar surface area (TPSA) is 46.2 Å². The summed E-state index contributed by atoms with van der Waals surface area (Å²) in [4.78, 5) is 0.365. The van der Waals surface area contributed by atoms with Crippen LogP contribution < -0.4 is 4.72 Å². The number of hydrogen-bond donors (Lipinski definition) is 1. The second-order valence-electron chi connectivity index (χ2n) is 6.08. The van der Waals surface area contributed by atoms with E-state index in [1.807, 2.05) is 44.2 Å². The van der Waals surface area contributed by atoms with Gasteiger partial charge < -0.3 is 0 Å². The second-order valence-corrected chi connectivity index (χ2v) is 7.73. The molecule has 0 radical (unpaired) electrons. The summed E-state index contributed by atoms with van der Waals surface area (Å²) in [5.41, 5.74) is -0.379. The van der Waals surface area contributed by atoms with Gasteiger partial charge in [-0.25, -0.2) is 13.1 Å². The Hall–Kier alpha value is -1.39. The van der Waals surface area contributed by atoms with E-state index in [0.717, 1.165) is 23.6 Å². The molecule has 0 saturated heterocycles. The van der Waals surface area contributed by atoms with Gasteiger partial charge >= 0.3 is 0 Å². The molecule has 2 aromatic rings. The van der Waals surface area contributed by atoms with Crippen molar-refractivity contribution < 1.29 is 8.42 Å². The molecule has 1 aliphatic carbocycles. The van der Waals surface area contributed by atoms with Crippen LogP contribution in [0.15, 0.2) is 47.4 Å². The molecule has 0 unspecified atom stereocenters. The van der Waals surface area contributed by atoms with Gasteiger partial charge in [-0.05, 0) is 44.1 Å². The van der Waals surface area contributed by atoms with Crippen LogP contribution in [0.2, 0.25) is 0 Å². The van der Waals surface area contributed by atoms with Crippen LogP contribution >= 0.6 is 0 Å². The Balaban J connectivity index is 2.05. The molecule has 1 fully saturated rings. The van der Waals surface area contributed by atoms with Gasteiger partial charge in [-0.1, -0.05) is 36.4 Å². The third-order valence-corrected chi connectivity index (χ3v) is 5.76. The van der Waals surface area contributed by atoms with Gasteiger partial charge in [0.2, 0.25) is 10.0 Å². The van der Waals surface area contributed by atoms with Crippen molar-refractivity contribution in [3.8, 4) is 0 Å². The SMILES string of the molecule is CC(C)(NS(=O)(=O)c1cccc2ccccc12)C1CC1. The molecule has 0 atom stereocenters. The summed E-state index contributed by atoms with van der Waals surface area (Å²) < 4.78 is 28.2. The Bertz CT molecular complexity index is 741. The van der Waals surface area contributed by atoms with Gasteiger partial charge in [0.15, 0.2) is 0 Å². The standard InChI is InChI=1S/C16H19NO2S/c1-16(2,13-10-11-13)17-20(18,19)15-9-5-7-12-6-3-4-8-14(12)15/h3-9,13,17H,10-11H2,1-2H3. The summed E-state index contributed by atoms with van der Waals surface area (Å²) in [5, 5.41) is 1.72. The van der Waals surface area contributed by atoms with Crippen molar-refractivity contribution in [2.24, 2.45) is 5.92 Å². The fraction of sp³-hybridized carbons (Fsp3) is 0.375. The van der Waals surface area contributed by atoms with Gasteiger partial charge in [0, 0.05) is 10.9 Å². The van der Waals surface area contributed by atoms with E-state index in [0.29, 0.717) is 10.8 Å². The van der Waals surface area contributed by atoms with E-state index in [1.54, 1.807) is 12.1 Å². The minimum Gasteiger partial charge on any atom is -0.207 e. The van der Waals surface area contributed by atoms with Crippen molar-refractivity contribution in [2.45, 2.75) is 37.1 Å². The Morgan fingerprint density at radius 3 is 2.40 bits per heavy atom. The van der Waals surface area contributed by atoms with Crippen LogP contribution in [-0.4, -0.2) is 14.0 Å². The van der Waals surface area contributed by atoms with Gasteiger partial charge in [-0.3, -0.25) is 0 Å². The Morgan fingerprint density at radius 1 is 1.05 bits per heavy atom. The van der Waals surface area contributed by atoms with Crippen LogP contribution in [-0.2, 0) is 10.0 Å². The molecule has 0 amide bonds. The van der Waals surface area contributed by atoms with E-state index >= 15 is 0 Å². The van der Waals surface area contributed by atoms with E-state index in [1.165, 1.54) is 0 Å². The number of nitrogens with one attached hydrogen (secondary N) is 1. The Morgan fingerprint density at radius 2 is 1.70 bits per heavy atom. The molecule has 0 bridgehead atoms. The molecule has 0 spiro atoms. The summed E-state index contributed by atoms with van der Waals surface area (Å²) in [5.74, 6) is 0.451. The maximum Gasteiger partial charge on any atom is 0.241 e. The fourth-order valence-corrected chi connectivity index (χ4v) is 4.42. The zero-order chi connectivity index (χ0) is 14.4. The van der Waals surface area contributed by atoms with Gasteiger partial charge in [0.1, 0.15) is 0 Å². The number of benzene rings is 2. The molecule has 1 N–H and O–H groups in total. The average Bonchev–Trinajstić information content (AvgIpc) is 3.21. The zero-order valence-corrected chi connectivity index (χ0v) is 12.6. The average molecular weight is 289 g/mol. The van der Waals surface area contributed by atoms with Gasteiger partial charge in [0.25, 0.3) is 0 Å². The molecule has 2 aromatic carbocycles. The van der Waals surface area contributed by atoms with Gasteiger partial charge in [-0.15, -0.1) is 0 Å². The minimum absolute atomic E-state index is 0.365. The molecular formula is C16H19NO2S. The predicted molar refractivity (Wildman–Crippen MR) is 81.1 cm³/mol. The molecule has 1 saturated carbocycles. The quantitative estimate of drug-likeness (QED) is 0.938. The van der Waals surface area contributed by atoms with Crippen molar-refractivity contribution in [3.05, 3.63) is 42.5 Å². The molecule has 106 valence electrons. The summed E-state index contributed by atoms with van der Waals surface area (Å²) in [7, 11) is -3.50. The summed E-state index contributed by atoms with van der Waals surface area (Å²) in [6.07, 6.45) is 2.20. The van der Waals surface area contributed by atoms with E-state index in [-0.39, 0.29) is 5.54 Å². The van der Waals surface area contributed by atoms with E-state index in [2.05, 4.69) is 4.72 Å². The molecule has 3 nitrogen and oxygen atoms in total. The highest BCUT2D eigenvalue weighted by molar-refractivity contribution is 7.89. The number of fused-ring (bicyclic) bond motifs is 1. The predicted octanol–water partition coefficient (Wildman–Crippen LogP) is 3.31. The first-order chi connectivity index (χ1) is 9.40. The number of rotatable bonds is 4. The number of sulfonamides is 1. The highest BCUT2D eigenvalue weighted by atomic mass is 32.2. The van der Waals surface area contributed by atoms with Crippen LogP contribution in [0.4, 0.5) is 0 Å². The molecule has 0 aliphatic heterocycles. The van der Waals surface area contributed by atoms with Crippen molar-refractivity contribution >= 4 is 20.8 Å². The van der Waals surface area contributed by atoms with Gasteiger partial charge in [-0.2, -0.15) is 0 Å². The van der Waals surface area contributed by atoms with Gasteiger partial charge in [0.05, 0.1) is 4.90 Å². The highest BCUT2D eigenvalue weighted by Crippen LogP contribution is 2.40. The number of hydrogen-bond acceptors (Lipinski definition) is 2. The Kier molecular flexibility index (Phi) is 3.10. The van der Waals surface area contributed by atoms with Crippen LogP contribution in [0.5, 0.6) is 0 Å². The van der Waals surface area contributed by atoms with E-state index in [9.17, 15) is 8.42 Å². The van der Waals surface area contributed by atoms with E-state index in [4.69, 9.17) is 0 Å². The first-order valence-corrected chi connectivity index (χ1v) is 8.40. The molecule has 20 heavy (non-hydrogen) atoms. The zero-order valence-electron chi connectivity index (χ0n) is 11.8. The van der Waals surface area contributed by atoms with Crippen molar-refractivity contribution in [1.82, 2.24) is 4.72 Å². The van der Waals surface area contributed by atoms with Crippen LogP contribution in [0.3, 0.4) is 0 Å². The summed E-state index contributed by atoms with van der Waals surface area (Å²) >= 11 is 0. The van der Waals surface area contributed by atoms with Crippen LogP contribution in [0, 0.1) is 5.92 Å². The lowest BCUT2D eigenvalue weighted by Gasteiger charge is -2.26. The Labute approximate surface area is 120 Å². The molecule has 0 aromatic heterocycles. The molecule has 1 aliphatic rings. The lowest BCUT2D eigenvalue weighted by atomic mass is 10.0. The third kappa shape index (κ3) is 2.45. The normalized spacial score (nSPS) is 16.5. The fourth-order valence-electron chi connectivity index (χ4n) is 2.72. The van der Waals surface area contributed by atoms with Crippen LogP contribution in [0.25, 0.3) is 10.8 Å². The van der Waals surface area contributed by atoms with Crippen LogP contribution in [0.1, 0.15) is 26.7 Å². The maximum absolute atomic E-state index is 12.7. The monoisotopic (exact) mass is 289 g/mol. The van der Waals surface area contributed by atoms with Crippen molar-refractivity contribution in [2.75, 3.05) is 0 Å². The van der Waals surface area contributed by atoms with Crippen molar-refractivity contribution in [1.29, 1.82) is 0 Å². The van der Waals surface area contributed by atoms with Crippen molar-refractivity contribution in [3.63, 3.8) is 0 Å². The lowest BCUT2D eigenvalue weighted by molar-refractivity contribution is 0.401. The second kappa shape index (κ2) is 4.57. The molecule has 4 heteroatoms. The maximum atomic E-state index is 12.7. The third-order valence-electron chi connectivity index (χ3n) is 4.03. The first-order valence-electron chi connectivity index (χ1n) is 6.92. The summed E-state index contributed by atoms with van der Waals surface area (Å²) in [6.45, 7) is 3.93. The molecular weight excluding hydrogens is 270 g/mol. The lowest BCUT2D eigenvalue weighted by Crippen LogP contribution is -2.45. The minimum atomic E-state index is -3.50. The highest BCUT2D eigenvalue weighted by Gasteiger charge is 2.40. The molecule has 0 heterocycles.